The molecule has 0 amide bonds. The molecule has 7 rings (SSSR count). The van der Waals surface area contributed by atoms with E-state index in [1.54, 1.807) is 36.5 Å². The standard InChI is InChI=1S/C37H36F2N2O7/c38-26-5-2-24(3-6-26)21-32(42)37(9-10-37)33(43)22-25-4-7-29(27(39)20-25)48-30-8-11-40-28-23-31(35-36(34(28)30)47-19-18-46-35)45-15-1-12-41-13-16-44-17-14-41/h2-8,11,20,23H,1,9-10,12-19,21-22H2. The molecule has 0 atom stereocenters. The zero-order chi connectivity index (χ0) is 33.1. The topological polar surface area (TPSA) is 96.4 Å². The fourth-order valence-corrected chi connectivity index (χ4v) is 6.27. The maximum Gasteiger partial charge on any atom is 0.204 e. The third kappa shape index (κ3) is 6.84. The highest BCUT2D eigenvalue weighted by Crippen LogP contribution is 2.50. The third-order valence-corrected chi connectivity index (χ3v) is 9.10. The van der Waals surface area contributed by atoms with Crippen molar-refractivity contribution in [2.24, 2.45) is 5.41 Å². The number of rotatable bonds is 13. The zero-order valence-corrected chi connectivity index (χ0v) is 26.5. The molecular weight excluding hydrogens is 622 g/mol. The summed E-state index contributed by atoms with van der Waals surface area (Å²) in [5, 5.41) is 0.530. The van der Waals surface area contributed by atoms with Crippen LogP contribution in [-0.2, 0) is 27.2 Å². The first kappa shape index (κ1) is 32.0. The van der Waals surface area contributed by atoms with Crippen molar-refractivity contribution in [2.45, 2.75) is 32.1 Å². The molecule has 3 aliphatic rings. The number of carbonyl (C=O) groups is 2. The summed E-state index contributed by atoms with van der Waals surface area (Å²) in [4.78, 5) is 33.1. The number of ether oxygens (including phenoxy) is 5. The lowest BCUT2D eigenvalue weighted by atomic mass is 9.88. The van der Waals surface area contributed by atoms with Crippen molar-refractivity contribution in [3.05, 3.63) is 83.6 Å². The summed E-state index contributed by atoms with van der Waals surface area (Å²) >= 11 is 0. The second-order valence-corrected chi connectivity index (χ2v) is 12.4. The van der Waals surface area contributed by atoms with Gasteiger partial charge in [-0.2, -0.15) is 0 Å². The Morgan fingerprint density at radius 3 is 2.25 bits per heavy atom. The minimum Gasteiger partial charge on any atom is -0.489 e. The summed E-state index contributed by atoms with van der Waals surface area (Å²) < 4.78 is 58.3. The molecule has 48 heavy (non-hydrogen) atoms. The Bertz CT molecular complexity index is 1820. The van der Waals surface area contributed by atoms with Crippen LogP contribution in [0.3, 0.4) is 0 Å². The van der Waals surface area contributed by atoms with Crippen LogP contribution in [0, 0.1) is 17.0 Å². The van der Waals surface area contributed by atoms with Crippen LogP contribution >= 0.6 is 0 Å². The minimum absolute atomic E-state index is 0.0406. The van der Waals surface area contributed by atoms with Gasteiger partial charge in [-0.05, 0) is 60.7 Å². The van der Waals surface area contributed by atoms with Crippen molar-refractivity contribution in [3.8, 4) is 28.7 Å². The Morgan fingerprint density at radius 1 is 0.812 bits per heavy atom. The van der Waals surface area contributed by atoms with Gasteiger partial charge in [-0.1, -0.05) is 18.2 Å². The van der Waals surface area contributed by atoms with Crippen molar-refractivity contribution in [1.82, 2.24) is 9.88 Å². The SMILES string of the molecule is O=C(Cc1ccc(F)cc1)C1(C(=O)Cc2ccc(Oc3ccnc4cc(OCCCN5CCOCC5)c5c(c34)OCCO5)c(F)c2)CC1. The van der Waals surface area contributed by atoms with E-state index in [4.69, 9.17) is 23.7 Å². The second kappa shape index (κ2) is 13.9. The molecule has 0 bridgehead atoms. The van der Waals surface area contributed by atoms with Crippen LogP contribution in [0.4, 0.5) is 8.78 Å². The van der Waals surface area contributed by atoms with E-state index >= 15 is 4.39 Å². The number of carbonyl (C=O) groups excluding carboxylic acids is 2. The molecule has 1 saturated heterocycles. The van der Waals surface area contributed by atoms with Crippen LogP contribution < -0.4 is 18.9 Å². The Morgan fingerprint density at radius 2 is 1.52 bits per heavy atom. The second-order valence-electron chi connectivity index (χ2n) is 12.4. The molecule has 2 aliphatic heterocycles. The van der Waals surface area contributed by atoms with Crippen LogP contribution in [0.1, 0.15) is 30.4 Å². The van der Waals surface area contributed by atoms with Crippen LogP contribution in [0.15, 0.2) is 60.8 Å². The van der Waals surface area contributed by atoms with Gasteiger partial charge in [-0.3, -0.25) is 19.5 Å². The average Bonchev–Trinajstić information content (AvgIpc) is 3.92. The van der Waals surface area contributed by atoms with Gasteiger partial charge in [0, 0.05) is 44.7 Å². The van der Waals surface area contributed by atoms with E-state index in [1.807, 2.05) is 0 Å². The van der Waals surface area contributed by atoms with Crippen molar-refractivity contribution in [1.29, 1.82) is 0 Å². The summed E-state index contributed by atoms with van der Waals surface area (Å²) in [5.74, 6) is 0.205. The number of halogens is 2. The lowest BCUT2D eigenvalue weighted by molar-refractivity contribution is -0.133. The summed E-state index contributed by atoms with van der Waals surface area (Å²) in [5.41, 5.74) is 0.568. The first-order valence-electron chi connectivity index (χ1n) is 16.3. The fourth-order valence-electron chi connectivity index (χ4n) is 6.27. The van der Waals surface area contributed by atoms with E-state index in [0.717, 1.165) is 39.3 Å². The van der Waals surface area contributed by atoms with E-state index in [-0.39, 0.29) is 36.0 Å². The number of hydrogen-bond acceptors (Lipinski definition) is 9. The summed E-state index contributed by atoms with van der Waals surface area (Å²) in [6.07, 6.45) is 3.29. The molecule has 3 aromatic carbocycles. The molecule has 2 fully saturated rings. The lowest BCUT2D eigenvalue weighted by Crippen LogP contribution is -2.37. The molecular formula is C37H36F2N2O7. The van der Waals surface area contributed by atoms with Gasteiger partial charge in [-0.15, -0.1) is 0 Å². The minimum atomic E-state index is -1.07. The van der Waals surface area contributed by atoms with Gasteiger partial charge in [0.05, 0.1) is 36.1 Å². The largest absolute Gasteiger partial charge is 0.489 e. The van der Waals surface area contributed by atoms with Crippen molar-refractivity contribution in [2.75, 3.05) is 52.7 Å². The molecule has 11 heteroatoms. The van der Waals surface area contributed by atoms with Crippen LogP contribution in [-0.4, -0.2) is 74.1 Å². The summed E-state index contributed by atoms with van der Waals surface area (Å²) in [6.45, 7) is 5.39. The molecule has 3 heterocycles. The molecule has 0 radical (unpaired) electrons. The highest BCUT2D eigenvalue weighted by atomic mass is 19.1. The molecule has 0 unspecified atom stereocenters. The van der Waals surface area contributed by atoms with Crippen LogP contribution in [0.5, 0.6) is 28.7 Å². The fraction of sp³-hybridized carbons (Fsp3) is 0.378. The molecule has 1 saturated carbocycles. The maximum atomic E-state index is 15.5. The number of benzene rings is 3. The zero-order valence-electron chi connectivity index (χ0n) is 26.5. The van der Waals surface area contributed by atoms with Crippen molar-refractivity contribution >= 4 is 22.5 Å². The number of hydrogen-bond donors (Lipinski definition) is 0. The Kier molecular flexibility index (Phi) is 9.23. The van der Waals surface area contributed by atoms with Gasteiger partial charge in [0.2, 0.25) is 5.75 Å². The third-order valence-electron chi connectivity index (χ3n) is 9.10. The molecule has 0 spiro atoms. The molecule has 1 aliphatic carbocycles. The average molecular weight is 659 g/mol. The number of fused-ring (bicyclic) bond motifs is 3. The predicted molar refractivity (Wildman–Crippen MR) is 172 cm³/mol. The lowest BCUT2D eigenvalue weighted by Gasteiger charge is -2.26. The quantitative estimate of drug-likeness (QED) is 0.129. The number of ketones is 2. The van der Waals surface area contributed by atoms with Gasteiger partial charge >= 0.3 is 0 Å². The summed E-state index contributed by atoms with van der Waals surface area (Å²) in [7, 11) is 0. The van der Waals surface area contributed by atoms with E-state index < -0.39 is 11.2 Å². The number of morpholine rings is 1. The number of nitrogens with zero attached hydrogens (tertiary/aromatic N) is 2. The first-order chi connectivity index (χ1) is 23.4. The van der Waals surface area contributed by atoms with E-state index in [0.29, 0.717) is 77.7 Å². The van der Waals surface area contributed by atoms with E-state index in [2.05, 4.69) is 9.88 Å². The van der Waals surface area contributed by atoms with Crippen molar-refractivity contribution in [3.63, 3.8) is 0 Å². The summed E-state index contributed by atoms with van der Waals surface area (Å²) in [6, 6.07) is 13.4. The van der Waals surface area contributed by atoms with Gasteiger partial charge in [0.25, 0.3) is 0 Å². The monoisotopic (exact) mass is 658 g/mol. The highest BCUT2D eigenvalue weighted by molar-refractivity contribution is 6.11. The normalized spacial score (nSPS) is 16.8. The van der Waals surface area contributed by atoms with Gasteiger partial charge < -0.3 is 23.7 Å². The van der Waals surface area contributed by atoms with E-state index in [9.17, 15) is 14.0 Å². The van der Waals surface area contributed by atoms with Crippen LogP contribution in [0.25, 0.3) is 10.9 Å². The van der Waals surface area contributed by atoms with Crippen LogP contribution in [0.2, 0.25) is 0 Å². The number of aromatic nitrogens is 1. The Hall–Kier alpha value is -4.61. The molecule has 250 valence electrons. The smallest absolute Gasteiger partial charge is 0.204 e. The van der Waals surface area contributed by atoms with Gasteiger partial charge in [-0.25, -0.2) is 8.78 Å². The molecule has 0 N–H and O–H groups in total. The first-order valence-corrected chi connectivity index (χ1v) is 16.3. The maximum absolute atomic E-state index is 15.5. The highest BCUT2D eigenvalue weighted by Gasteiger charge is 2.54. The van der Waals surface area contributed by atoms with E-state index in [1.165, 1.54) is 24.3 Å². The molecule has 1 aromatic heterocycles. The molecule has 4 aromatic rings. The Labute approximate surface area is 276 Å². The van der Waals surface area contributed by atoms with Crippen molar-refractivity contribution < 1.29 is 42.1 Å². The molecule has 9 nitrogen and oxygen atoms in total. The number of pyridine rings is 1. The van der Waals surface area contributed by atoms with Gasteiger partial charge in [0.15, 0.2) is 34.6 Å². The number of Topliss-reactive ketones (excluding diaryl/α,β-unsaturated/α-hetero) is 2. The Balaban J connectivity index is 1.04. The van der Waals surface area contributed by atoms with Gasteiger partial charge in [0.1, 0.15) is 24.8 Å². The predicted octanol–water partition coefficient (Wildman–Crippen LogP) is 5.88.